The summed E-state index contributed by atoms with van der Waals surface area (Å²) in [6.07, 6.45) is 4.08. The first-order chi connectivity index (χ1) is 17.1. The van der Waals surface area contributed by atoms with E-state index in [9.17, 15) is 9.59 Å². The number of fused-ring (bicyclic) bond motifs is 2. The van der Waals surface area contributed by atoms with Crippen LogP contribution in [-0.2, 0) is 17.8 Å². The number of aromatic nitrogens is 5. The lowest BCUT2D eigenvalue weighted by Gasteiger charge is -2.08. The molecule has 0 aliphatic rings. The average Bonchev–Trinajstić information content (AvgIpc) is 3.44. The molecule has 5 aromatic rings. The van der Waals surface area contributed by atoms with E-state index in [1.54, 1.807) is 17.8 Å². The number of hydrogen-bond donors (Lipinski definition) is 3. The molecule has 3 aromatic heterocycles. The molecule has 0 unspecified atom stereocenters. The van der Waals surface area contributed by atoms with Gasteiger partial charge in [-0.25, -0.2) is 14.6 Å². The summed E-state index contributed by atoms with van der Waals surface area (Å²) < 4.78 is 1.70. The third-order valence-electron chi connectivity index (χ3n) is 5.92. The number of H-pyrrole nitrogens is 1. The van der Waals surface area contributed by atoms with Gasteiger partial charge in [-0.3, -0.25) is 9.59 Å². The number of aryl methyl sites for hydroxylation is 1. The molecule has 5 rings (SSSR count). The highest BCUT2D eigenvalue weighted by molar-refractivity contribution is 6.45. The molecule has 0 spiro atoms. The number of aromatic amines is 1. The van der Waals surface area contributed by atoms with Crippen molar-refractivity contribution in [3.8, 4) is 0 Å². The molecule has 176 valence electrons. The number of rotatable bonds is 9. The first kappa shape index (κ1) is 22.3. The number of amides is 1. The smallest absolute Gasteiger partial charge is 0.292 e. The van der Waals surface area contributed by atoms with Crippen LogP contribution in [0.2, 0.25) is 0 Å². The van der Waals surface area contributed by atoms with Crippen molar-refractivity contribution in [1.82, 2.24) is 30.0 Å². The topological polar surface area (TPSA) is 118 Å². The molecule has 0 aliphatic heterocycles. The van der Waals surface area contributed by atoms with E-state index in [0.717, 1.165) is 29.3 Å². The highest BCUT2D eigenvalue weighted by Gasteiger charge is 2.22. The van der Waals surface area contributed by atoms with E-state index in [4.69, 9.17) is 0 Å². The van der Waals surface area contributed by atoms with Gasteiger partial charge < -0.3 is 15.6 Å². The maximum absolute atomic E-state index is 12.8. The van der Waals surface area contributed by atoms with Gasteiger partial charge in [-0.15, -0.1) is 0 Å². The maximum Gasteiger partial charge on any atom is 0.292 e. The summed E-state index contributed by atoms with van der Waals surface area (Å²) in [5, 5.41) is 12.0. The summed E-state index contributed by atoms with van der Waals surface area (Å²) in [6, 6.07) is 17.7. The fraction of sp³-hybridized carbons (Fsp3) is 0.192. The molecule has 0 radical (unpaired) electrons. The van der Waals surface area contributed by atoms with E-state index in [-0.39, 0.29) is 6.54 Å². The molecule has 0 saturated heterocycles. The lowest BCUT2D eigenvalue weighted by molar-refractivity contribution is -0.117. The van der Waals surface area contributed by atoms with Crippen molar-refractivity contribution >= 4 is 39.4 Å². The number of nitrogens with one attached hydrogen (secondary N) is 3. The monoisotopic (exact) mass is 467 g/mol. The molecule has 3 N–H and O–H groups in total. The van der Waals surface area contributed by atoms with Gasteiger partial charge in [0.25, 0.3) is 11.7 Å². The van der Waals surface area contributed by atoms with Gasteiger partial charge in [0, 0.05) is 29.7 Å². The van der Waals surface area contributed by atoms with E-state index in [2.05, 4.69) is 42.8 Å². The predicted octanol–water partition coefficient (Wildman–Crippen LogP) is 3.27. The Morgan fingerprint density at radius 2 is 1.77 bits per heavy atom. The Morgan fingerprint density at radius 3 is 2.63 bits per heavy atom. The second kappa shape index (κ2) is 9.76. The Labute approximate surface area is 201 Å². The first-order valence-corrected chi connectivity index (χ1v) is 11.5. The van der Waals surface area contributed by atoms with Crippen molar-refractivity contribution in [2.24, 2.45) is 0 Å². The number of para-hydroxylation sites is 1. The highest BCUT2D eigenvalue weighted by atomic mass is 16.2. The van der Waals surface area contributed by atoms with E-state index < -0.39 is 11.7 Å². The molecule has 0 aliphatic carbocycles. The molecule has 0 fully saturated rings. The molecule has 9 heteroatoms. The third-order valence-corrected chi connectivity index (χ3v) is 5.92. The molecule has 35 heavy (non-hydrogen) atoms. The third kappa shape index (κ3) is 4.61. The molecule has 0 bridgehead atoms. The summed E-state index contributed by atoms with van der Waals surface area (Å²) in [7, 11) is 0. The van der Waals surface area contributed by atoms with Gasteiger partial charge >= 0.3 is 0 Å². The number of anilines is 1. The number of nitrogens with zero attached hydrogens (tertiary/aromatic N) is 4. The van der Waals surface area contributed by atoms with Gasteiger partial charge in [0.15, 0.2) is 5.65 Å². The molecule has 0 atom stereocenters. The van der Waals surface area contributed by atoms with Crippen LogP contribution in [0.15, 0.2) is 67.1 Å². The van der Waals surface area contributed by atoms with E-state index >= 15 is 0 Å². The van der Waals surface area contributed by atoms with E-state index in [0.29, 0.717) is 29.3 Å². The molecule has 2 aromatic carbocycles. The van der Waals surface area contributed by atoms with E-state index in [1.165, 1.54) is 11.9 Å². The zero-order valence-electron chi connectivity index (χ0n) is 19.3. The van der Waals surface area contributed by atoms with Crippen LogP contribution in [0.1, 0.15) is 21.6 Å². The zero-order valence-corrected chi connectivity index (χ0v) is 19.3. The number of hydrogen-bond acceptors (Lipinski definition) is 6. The minimum absolute atomic E-state index is 0.240. The van der Waals surface area contributed by atoms with Crippen molar-refractivity contribution in [2.45, 2.75) is 19.9 Å². The van der Waals surface area contributed by atoms with Gasteiger partial charge in [-0.1, -0.05) is 48.5 Å². The van der Waals surface area contributed by atoms with Crippen LogP contribution in [-0.4, -0.2) is 49.5 Å². The number of Topliss-reactive ketones (excluding diaryl/α,β-unsaturated/α-hetero) is 1. The van der Waals surface area contributed by atoms with Gasteiger partial charge in [0.05, 0.1) is 23.7 Å². The SMILES string of the molecule is Cc1[nH]c2ccccc2c1C(=O)C(=O)NCCn1ncc2c(NCCc3ccccc3)ncnc21. The number of benzene rings is 2. The number of carbonyl (C=O) groups excluding carboxylic acids is 2. The van der Waals surface area contributed by atoms with Gasteiger partial charge in [0.1, 0.15) is 12.1 Å². The van der Waals surface area contributed by atoms with Crippen molar-refractivity contribution in [3.63, 3.8) is 0 Å². The van der Waals surface area contributed by atoms with Crippen LogP contribution in [0, 0.1) is 6.92 Å². The lowest BCUT2D eigenvalue weighted by Crippen LogP contribution is -2.33. The summed E-state index contributed by atoms with van der Waals surface area (Å²) in [6.45, 7) is 3.13. The van der Waals surface area contributed by atoms with Crippen LogP contribution >= 0.6 is 0 Å². The first-order valence-electron chi connectivity index (χ1n) is 11.5. The largest absolute Gasteiger partial charge is 0.369 e. The molecule has 9 nitrogen and oxygen atoms in total. The van der Waals surface area contributed by atoms with Crippen LogP contribution in [0.3, 0.4) is 0 Å². The van der Waals surface area contributed by atoms with E-state index in [1.807, 2.05) is 42.5 Å². The lowest BCUT2D eigenvalue weighted by atomic mass is 10.1. The fourth-order valence-corrected chi connectivity index (χ4v) is 4.21. The number of ketones is 1. The van der Waals surface area contributed by atoms with Crippen molar-refractivity contribution < 1.29 is 9.59 Å². The zero-order chi connectivity index (χ0) is 24.2. The summed E-state index contributed by atoms with van der Waals surface area (Å²) in [5.74, 6) is -0.490. The second-order valence-electron chi connectivity index (χ2n) is 8.25. The van der Waals surface area contributed by atoms with Crippen LogP contribution in [0.5, 0.6) is 0 Å². The Hall–Kier alpha value is -4.53. The Balaban J connectivity index is 1.21. The summed E-state index contributed by atoms with van der Waals surface area (Å²) in [5.41, 5.74) is 3.82. The second-order valence-corrected chi connectivity index (χ2v) is 8.25. The van der Waals surface area contributed by atoms with Crippen LogP contribution in [0.25, 0.3) is 21.9 Å². The quantitative estimate of drug-likeness (QED) is 0.226. The van der Waals surface area contributed by atoms with Crippen LogP contribution < -0.4 is 10.6 Å². The Morgan fingerprint density at radius 1 is 0.971 bits per heavy atom. The minimum atomic E-state index is -0.646. The Kier molecular flexibility index (Phi) is 6.21. The van der Waals surface area contributed by atoms with Crippen molar-refractivity contribution in [1.29, 1.82) is 0 Å². The molecule has 0 saturated carbocycles. The summed E-state index contributed by atoms with van der Waals surface area (Å²) in [4.78, 5) is 37.2. The minimum Gasteiger partial charge on any atom is -0.369 e. The van der Waals surface area contributed by atoms with Crippen molar-refractivity contribution in [2.75, 3.05) is 18.4 Å². The normalized spacial score (nSPS) is 11.1. The van der Waals surface area contributed by atoms with Gasteiger partial charge in [-0.2, -0.15) is 5.10 Å². The maximum atomic E-state index is 12.8. The molecule has 3 heterocycles. The summed E-state index contributed by atoms with van der Waals surface area (Å²) >= 11 is 0. The highest BCUT2D eigenvalue weighted by Crippen LogP contribution is 2.22. The fourth-order valence-electron chi connectivity index (χ4n) is 4.21. The predicted molar refractivity (Wildman–Crippen MR) is 134 cm³/mol. The molecule has 1 amide bonds. The average molecular weight is 468 g/mol. The van der Waals surface area contributed by atoms with Gasteiger partial charge in [0.2, 0.25) is 0 Å². The van der Waals surface area contributed by atoms with Crippen LogP contribution in [0.4, 0.5) is 5.82 Å². The molecular weight excluding hydrogens is 442 g/mol. The molecular formula is C26H25N7O2. The van der Waals surface area contributed by atoms with Gasteiger partial charge in [-0.05, 0) is 25.0 Å². The Bertz CT molecular complexity index is 1500. The standard InChI is InChI=1S/C26H25N7O2/c1-17-22(19-9-5-6-10-21(19)32-17)23(34)26(35)28-13-14-33-25-20(15-31-33)24(29-16-30-25)27-12-11-18-7-3-2-4-8-18/h2-10,15-16,32H,11-14H2,1H3,(H,28,35)(H,27,29,30). The number of carbonyl (C=O) groups is 2. The van der Waals surface area contributed by atoms with Crippen molar-refractivity contribution in [3.05, 3.63) is 83.9 Å².